The van der Waals surface area contributed by atoms with Crippen LogP contribution in [-0.4, -0.2) is 22.5 Å². The molecule has 0 aromatic heterocycles. The van der Waals surface area contributed by atoms with Crippen LogP contribution >= 0.6 is 0 Å². The van der Waals surface area contributed by atoms with Gasteiger partial charge in [-0.15, -0.1) is 0 Å². The average molecular weight is 595 g/mol. The van der Waals surface area contributed by atoms with Gasteiger partial charge >= 0.3 is 0 Å². The van der Waals surface area contributed by atoms with Gasteiger partial charge in [0.1, 0.15) is 6.17 Å². The third-order valence-corrected chi connectivity index (χ3v) is 9.76. The van der Waals surface area contributed by atoms with E-state index in [-0.39, 0.29) is 0 Å². The molecule has 1 heterocycles. The van der Waals surface area contributed by atoms with E-state index < -0.39 is 0 Å². The van der Waals surface area contributed by atoms with Crippen LogP contribution in [0.25, 0.3) is 0 Å². The molecule has 2 nitrogen and oxygen atoms in total. The van der Waals surface area contributed by atoms with Crippen LogP contribution in [0, 0.1) is 0 Å². The summed E-state index contributed by atoms with van der Waals surface area (Å²) in [5.41, 5.74) is 1.43. The molecule has 2 heteroatoms. The molecule has 1 aliphatic rings. The predicted octanol–water partition coefficient (Wildman–Crippen LogP) is 13.6. The van der Waals surface area contributed by atoms with Crippen LogP contribution in [0.2, 0.25) is 0 Å². The quantitative estimate of drug-likeness (QED) is 0.0789. The molecule has 0 fully saturated rings. The molecule has 0 saturated heterocycles. The molecule has 1 aliphatic heterocycles. The molecule has 0 saturated carbocycles. The topological polar surface area (TPSA) is 6.48 Å². The highest BCUT2D eigenvalue weighted by Gasteiger charge is 2.25. The summed E-state index contributed by atoms with van der Waals surface area (Å²) in [6.07, 6.45) is 45.3. The zero-order valence-electron chi connectivity index (χ0n) is 29.2. The van der Waals surface area contributed by atoms with Crippen LogP contribution in [0.15, 0.2) is 42.7 Å². The molecule has 0 radical (unpaired) electrons. The second kappa shape index (κ2) is 28.1. The van der Waals surface area contributed by atoms with Crippen molar-refractivity contribution in [3.8, 4) is 0 Å². The second-order valence-electron chi connectivity index (χ2n) is 13.8. The maximum atomic E-state index is 2.67. The van der Waals surface area contributed by atoms with Crippen molar-refractivity contribution in [1.82, 2.24) is 9.80 Å². The standard InChI is InChI=1S/C41H74N2/c1-3-5-7-9-11-13-15-16-17-18-19-20-22-24-26-31-35-41-42(37-38-43(41)39-40-33-29-28-30-34-40)36-32-27-25-23-21-14-12-10-8-6-4-2/h28-30,33-34,37-38,41H,3-27,31-32,35-36,39H2,1-2H3. The second-order valence-corrected chi connectivity index (χ2v) is 13.8. The molecule has 1 aromatic rings. The third kappa shape index (κ3) is 20.3. The maximum Gasteiger partial charge on any atom is 0.101 e. The van der Waals surface area contributed by atoms with E-state index in [0.717, 1.165) is 6.54 Å². The fraction of sp³-hybridized carbons (Fsp3) is 0.805. The summed E-state index contributed by atoms with van der Waals surface area (Å²) in [4.78, 5) is 5.28. The van der Waals surface area contributed by atoms with E-state index in [2.05, 4.69) is 66.4 Å². The molecule has 0 aliphatic carbocycles. The average Bonchev–Trinajstić information content (AvgIpc) is 3.40. The Morgan fingerprint density at radius 3 is 1.23 bits per heavy atom. The largest absolute Gasteiger partial charge is 0.356 e. The minimum atomic E-state index is 0.551. The molecule has 0 spiro atoms. The van der Waals surface area contributed by atoms with Gasteiger partial charge in [0.15, 0.2) is 0 Å². The molecule has 1 aromatic carbocycles. The van der Waals surface area contributed by atoms with Crippen molar-refractivity contribution < 1.29 is 0 Å². The van der Waals surface area contributed by atoms with E-state index in [1.54, 1.807) is 0 Å². The van der Waals surface area contributed by atoms with Crippen molar-refractivity contribution in [2.24, 2.45) is 0 Å². The fourth-order valence-electron chi connectivity index (χ4n) is 6.90. The van der Waals surface area contributed by atoms with Crippen LogP contribution in [0.5, 0.6) is 0 Å². The van der Waals surface area contributed by atoms with Crippen molar-refractivity contribution in [2.75, 3.05) is 6.54 Å². The van der Waals surface area contributed by atoms with Crippen molar-refractivity contribution in [2.45, 2.75) is 206 Å². The van der Waals surface area contributed by atoms with Gasteiger partial charge in [0.2, 0.25) is 0 Å². The molecule has 248 valence electrons. The van der Waals surface area contributed by atoms with Gasteiger partial charge in [-0.05, 0) is 24.8 Å². The van der Waals surface area contributed by atoms with Crippen molar-refractivity contribution in [3.05, 3.63) is 48.3 Å². The zero-order chi connectivity index (χ0) is 30.5. The van der Waals surface area contributed by atoms with E-state index >= 15 is 0 Å². The Kier molecular flexibility index (Phi) is 24.6. The van der Waals surface area contributed by atoms with Crippen LogP contribution < -0.4 is 0 Å². The normalized spacial score (nSPS) is 14.8. The Bertz CT molecular complexity index is 728. The lowest BCUT2D eigenvalue weighted by molar-refractivity contribution is 0.132. The molecule has 2 rings (SSSR count). The summed E-state index contributed by atoms with van der Waals surface area (Å²) in [7, 11) is 0. The van der Waals surface area contributed by atoms with Gasteiger partial charge in [-0.25, -0.2) is 0 Å². The number of benzene rings is 1. The number of hydrogen-bond donors (Lipinski definition) is 0. The van der Waals surface area contributed by atoms with Gasteiger partial charge in [-0.3, -0.25) is 0 Å². The van der Waals surface area contributed by atoms with Crippen molar-refractivity contribution in [3.63, 3.8) is 0 Å². The molecule has 0 amide bonds. The van der Waals surface area contributed by atoms with E-state index in [1.807, 2.05) is 0 Å². The Hall–Kier alpha value is -1.44. The smallest absolute Gasteiger partial charge is 0.101 e. The van der Waals surface area contributed by atoms with Crippen molar-refractivity contribution >= 4 is 0 Å². The molecule has 1 atom stereocenters. The first-order valence-corrected chi connectivity index (χ1v) is 19.6. The summed E-state index contributed by atoms with van der Waals surface area (Å²) in [6, 6.07) is 11.1. The van der Waals surface area contributed by atoms with Gasteiger partial charge in [0.05, 0.1) is 0 Å². The van der Waals surface area contributed by atoms with Gasteiger partial charge < -0.3 is 9.80 Å². The van der Waals surface area contributed by atoms with Crippen LogP contribution in [0.3, 0.4) is 0 Å². The molecule has 0 bridgehead atoms. The van der Waals surface area contributed by atoms with Crippen molar-refractivity contribution in [1.29, 1.82) is 0 Å². The number of nitrogens with zero attached hydrogens (tertiary/aromatic N) is 2. The number of unbranched alkanes of at least 4 members (excludes halogenated alkanes) is 25. The fourth-order valence-corrected chi connectivity index (χ4v) is 6.90. The lowest BCUT2D eigenvalue weighted by atomic mass is 10.0. The highest BCUT2D eigenvalue weighted by molar-refractivity contribution is 5.16. The first kappa shape index (κ1) is 37.7. The van der Waals surface area contributed by atoms with E-state index in [4.69, 9.17) is 0 Å². The summed E-state index contributed by atoms with van der Waals surface area (Å²) in [6.45, 7) is 6.88. The van der Waals surface area contributed by atoms with Crippen LogP contribution in [0.1, 0.15) is 199 Å². The molecular formula is C41H74N2. The highest BCUT2D eigenvalue weighted by Crippen LogP contribution is 2.25. The van der Waals surface area contributed by atoms with E-state index in [0.29, 0.717) is 6.17 Å². The van der Waals surface area contributed by atoms with Gasteiger partial charge in [-0.2, -0.15) is 0 Å². The summed E-state index contributed by atoms with van der Waals surface area (Å²) in [5.74, 6) is 0. The summed E-state index contributed by atoms with van der Waals surface area (Å²) in [5, 5.41) is 0. The van der Waals surface area contributed by atoms with Gasteiger partial charge in [-0.1, -0.05) is 205 Å². The Morgan fingerprint density at radius 1 is 0.419 bits per heavy atom. The van der Waals surface area contributed by atoms with E-state index in [1.165, 1.54) is 192 Å². The summed E-state index contributed by atoms with van der Waals surface area (Å²) >= 11 is 0. The Morgan fingerprint density at radius 2 is 0.791 bits per heavy atom. The van der Waals surface area contributed by atoms with Gasteiger partial charge in [0, 0.05) is 25.5 Å². The number of hydrogen-bond acceptors (Lipinski definition) is 2. The highest BCUT2D eigenvalue weighted by atomic mass is 15.4. The predicted molar refractivity (Wildman–Crippen MR) is 192 cm³/mol. The molecule has 0 N–H and O–H groups in total. The minimum Gasteiger partial charge on any atom is -0.356 e. The SMILES string of the molecule is CCCCCCCCCCCCCCCCCCC1N(CCCCCCCCCCCCC)C=CN1Cc1ccccc1. The molecule has 1 unspecified atom stereocenters. The Labute approximate surface area is 270 Å². The maximum absolute atomic E-state index is 2.67. The zero-order valence-corrected chi connectivity index (χ0v) is 29.2. The molecular weight excluding hydrogens is 520 g/mol. The van der Waals surface area contributed by atoms with E-state index in [9.17, 15) is 0 Å². The first-order chi connectivity index (χ1) is 21.3. The Balaban J connectivity index is 1.53. The minimum absolute atomic E-state index is 0.551. The summed E-state index contributed by atoms with van der Waals surface area (Å²) < 4.78 is 0. The number of rotatable bonds is 31. The lowest BCUT2D eigenvalue weighted by Gasteiger charge is -2.33. The van der Waals surface area contributed by atoms with Crippen LogP contribution in [-0.2, 0) is 6.54 Å². The van der Waals surface area contributed by atoms with Gasteiger partial charge in [0.25, 0.3) is 0 Å². The monoisotopic (exact) mass is 595 g/mol. The first-order valence-electron chi connectivity index (χ1n) is 19.6. The van der Waals surface area contributed by atoms with Crippen LogP contribution in [0.4, 0.5) is 0 Å². The third-order valence-electron chi connectivity index (χ3n) is 9.76. The molecule has 43 heavy (non-hydrogen) atoms. The lowest BCUT2D eigenvalue weighted by Crippen LogP contribution is -2.38.